The monoisotopic (exact) mass is 265 g/mol. The summed E-state index contributed by atoms with van der Waals surface area (Å²) in [5.74, 6) is 0.694. The van der Waals surface area contributed by atoms with Crippen LogP contribution in [-0.4, -0.2) is 4.98 Å². The van der Waals surface area contributed by atoms with Crippen molar-refractivity contribution in [2.24, 2.45) is 0 Å². The molecule has 0 aliphatic carbocycles. The van der Waals surface area contributed by atoms with Gasteiger partial charge in [0.15, 0.2) is 0 Å². The lowest BCUT2D eigenvalue weighted by Crippen LogP contribution is -1.96. The highest BCUT2D eigenvalue weighted by molar-refractivity contribution is 6.07. The summed E-state index contributed by atoms with van der Waals surface area (Å²) in [6, 6.07) is 13.6. The zero-order valence-electron chi connectivity index (χ0n) is 12.7. The number of H-pyrrole nitrogens is 1. The molecule has 0 amide bonds. The van der Waals surface area contributed by atoms with E-state index in [0.717, 1.165) is 0 Å². The summed E-state index contributed by atoms with van der Waals surface area (Å²) < 4.78 is 0. The Labute approximate surface area is 121 Å². The van der Waals surface area contributed by atoms with Gasteiger partial charge >= 0.3 is 0 Å². The molecule has 104 valence electrons. The maximum Gasteiger partial charge on any atom is 0.0465 e. The molecule has 20 heavy (non-hydrogen) atoms. The van der Waals surface area contributed by atoms with Crippen molar-refractivity contribution in [3.05, 3.63) is 47.5 Å². The van der Waals surface area contributed by atoms with Crippen molar-refractivity contribution in [2.75, 3.05) is 0 Å². The molecule has 1 N–H and O–H groups in total. The van der Waals surface area contributed by atoms with Gasteiger partial charge in [-0.3, -0.25) is 0 Å². The van der Waals surface area contributed by atoms with Crippen LogP contribution in [0.1, 0.15) is 50.2 Å². The first-order valence-corrected chi connectivity index (χ1v) is 7.75. The van der Waals surface area contributed by atoms with E-state index < -0.39 is 0 Å². The second-order valence-corrected chi connectivity index (χ2v) is 5.87. The average molecular weight is 265 g/mol. The molecule has 1 aromatic heterocycles. The third-order valence-electron chi connectivity index (χ3n) is 4.38. The SMILES string of the molecule is CCCC(CC)c1ccc2[nH]c3ccc(C)cc3c2c1. The second-order valence-electron chi connectivity index (χ2n) is 5.87. The van der Waals surface area contributed by atoms with Crippen LogP contribution in [-0.2, 0) is 0 Å². The molecule has 1 heteroatoms. The Bertz CT molecular complexity index is 736. The van der Waals surface area contributed by atoms with Crippen LogP contribution in [0, 0.1) is 6.92 Å². The lowest BCUT2D eigenvalue weighted by molar-refractivity contribution is 0.596. The van der Waals surface area contributed by atoms with Gasteiger partial charge in [0.05, 0.1) is 0 Å². The van der Waals surface area contributed by atoms with Crippen LogP contribution in [0.4, 0.5) is 0 Å². The fraction of sp³-hybridized carbons (Fsp3) is 0.368. The van der Waals surface area contributed by atoms with Gasteiger partial charge < -0.3 is 4.98 Å². The molecule has 1 atom stereocenters. The fourth-order valence-corrected chi connectivity index (χ4v) is 3.24. The molecule has 0 spiro atoms. The molecule has 0 radical (unpaired) electrons. The Morgan fingerprint density at radius 1 is 0.950 bits per heavy atom. The fourth-order valence-electron chi connectivity index (χ4n) is 3.24. The van der Waals surface area contributed by atoms with Crippen LogP contribution in [0.3, 0.4) is 0 Å². The number of nitrogens with one attached hydrogen (secondary N) is 1. The summed E-state index contributed by atoms with van der Waals surface area (Å²) in [7, 11) is 0. The van der Waals surface area contributed by atoms with Crippen molar-refractivity contribution in [1.82, 2.24) is 4.98 Å². The second kappa shape index (κ2) is 5.32. The van der Waals surface area contributed by atoms with E-state index in [1.165, 1.54) is 52.2 Å². The molecular weight excluding hydrogens is 242 g/mol. The molecule has 3 rings (SSSR count). The van der Waals surface area contributed by atoms with Crippen LogP contribution < -0.4 is 0 Å². The largest absolute Gasteiger partial charge is 0.355 e. The van der Waals surface area contributed by atoms with Crippen LogP contribution in [0.15, 0.2) is 36.4 Å². The van der Waals surface area contributed by atoms with Crippen LogP contribution in [0.5, 0.6) is 0 Å². The van der Waals surface area contributed by atoms with E-state index >= 15 is 0 Å². The van der Waals surface area contributed by atoms with Gasteiger partial charge in [-0.2, -0.15) is 0 Å². The Balaban J connectivity index is 2.18. The van der Waals surface area contributed by atoms with Gasteiger partial charge in [-0.25, -0.2) is 0 Å². The minimum Gasteiger partial charge on any atom is -0.355 e. The van der Waals surface area contributed by atoms with Gasteiger partial charge in [0, 0.05) is 21.8 Å². The van der Waals surface area contributed by atoms with Gasteiger partial charge in [0.1, 0.15) is 0 Å². The molecule has 1 nitrogen and oxygen atoms in total. The quantitative estimate of drug-likeness (QED) is 0.602. The lowest BCUT2D eigenvalue weighted by Gasteiger charge is -2.14. The smallest absolute Gasteiger partial charge is 0.0465 e. The van der Waals surface area contributed by atoms with E-state index in [4.69, 9.17) is 0 Å². The molecule has 0 fully saturated rings. The van der Waals surface area contributed by atoms with E-state index in [1.807, 2.05) is 0 Å². The molecule has 0 saturated carbocycles. The predicted octanol–water partition coefficient (Wildman–Crippen LogP) is 5.92. The number of rotatable bonds is 4. The summed E-state index contributed by atoms with van der Waals surface area (Å²) in [4.78, 5) is 3.52. The van der Waals surface area contributed by atoms with E-state index in [9.17, 15) is 0 Å². The number of aromatic amines is 1. The van der Waals surface area contributed by atoms with Crippen molar-refractivity contribution in [3.63, 3.8) is 0 Å². The molecule has 3 aromatic rings. The van der Waals surface area contributed by atoms with Gasteiger partial charge in [0.25, 0.3) is 0 Å². The van der Waals surface area contributed by atoms with E-state index in [2.05, 4.69) is 62.2 Å². The number of fused-ring (bicyclic) bond motifs is 3. The van der Waals surface area contributed by atoms with Gasteiger partial charge in [-0.05, 0) is 55.5 Å². The standard InChI is InChI=1S/C19H23N/c1-4-6-14(5-2)15-8-10-19-17(12-15)16-11-13(3)7-9-18(16)20-19/h7-12,14,20H,4-6H2,1-3H3. The van der Waals surface area contributed by atoms with Gasteiger partial charge in [0.2, 0.25) is 0 Å². The number of benzene rings is 2. The Morgan fingerprint density at radius 3 is 2.35 bits per heavy atom. The first-order chi connectivity index (χ1) is 9.72. The molecule has 0 bridgehead atoms. The molecule has 0 saturated heterocycles. The van der Waals surface area contributed by atoms with Crippen LogP contribution >= 0.6 is 0 Å². The Kier molecular flexibility index (Phi) is 3.52. The topological polar surface area (TPSA) is 15.8 Å². The van der Waals surface area contributed by atoms with Gasteiger partial charge in [-0.1, -0.05) is 38.0 Å². The van der Waals surface area contributed by atoms with Crippen molar-refractivity contribution in [3.8, 4) is 0 Å². The number of hydrogen-bond acceptors (Lipinski definition) is 0. The van der Waals surface area contributed by atoms with Crippen molar-refractivity contribution in [1.29, 1.82) is 0 Å². The Morgan fingerprint density at radius 2 is 1.65 bits per heavy atom. The maximum atomic E-state index is 3.52. The number of aromatic nitrogens is 1. The average Bonchev–Trinajstić information content (AvgIpc) is 2.82. The number of aryl methyl sites for hydroxylation is 1. The van der Waals surface area contributed by atoms with Crippen LogP contribution in [0.2, 0.25) is 0 Å². The Hall–Kier alpha value is -1.76. The lowest BCUT2D eigenvalue weighted by atomic mass is 9.91. The number of hydrogen-bond donors (Lipinski definition) is 1. The molecule has 2 aromatic carbocycles. The van der Waals surface area contributed by atoms with Crippen molar-refractivity contribution < 1.29 is 0 Å². The summed E-state index contributed by atoms with van der Waals surface area (Å²) >= 11 is 0. The van der Waals surface area contributed by atoms with Crippen molar-refractivity contribution in [2.45, 2.75) is 46.0 Å². The summed E-state index contributed by atoms with van der Waals surface area (Å²) in [5.41, 5.74) is 5.31. The normalized spacial score (nSPS) is 13.2. The highest BCUT2D eigenvalue weighted by Gasteiger charge is 2.11. The third-order valence-corrected chi connectivity index (χ3v) is 4.38. The minimum atomic E-state index is 0.694. The van der Waals surface area contributed by atoms with Crippen LogP contribution in [0.25, 0.3) is 21.8 Å². The molecule has 1 heterocycles. The summed E-state index contributed by atoms with van der Waals surface area (Å²) in [6.45, 7) is 6.73. The van der Waals surface area contributed by atoms with Crippen molar-refractivity contribution >= 4 is 21.8 Å². The maximum absolute atomic E-state index is 3.52. The molecule has 1 unspecified atom stereocenters. The molecule has 0 aliphatic rings. The van der Waals surface area contributed by atoms with E-state index in [0.29, 0.717) is 5.92 Å². The first-order valence-electron chi connectivity index (χ1n) is 7.75. The third kappa shape index (κ3) is 2.22. The zero-order chi connectivity index (χ0) is 14.1. The van der Waals surface area contributed by atoms with Gasteiger partial charge in [-0.15, -0.1) is 0 Å². The first kappa shape index (κ1) is 13.2. The molecular formula is C19H23N. The van der Waals surface area contributed by atoms with E-state index in [-0.39, 0.29) is 0 Å². The predicted molar refractivity (Wildman–Crippen MR) is 88.5 cm³/mol. The molecule has 0 aliphatic heterocycles. The highest BCUT2D eigenvalue weighted by Crippen LogP contribution is 2.31. The zero-order valence-corrected chi connectivity index (χ0v) is 12.7. The highest BCUT2D eigenvalue weighted by atomic mass is 14.7. The summed E-state index contributed by atoms with van der Waals surface area (Å²) in [6.07, 6.45) is 3.76. The summed E-state index contributed by atoms with van der Waals surface area (Å²) in [5, 5.41) is 2.73. The minimum absolute atomic E-state index is 0.694. The van der Waals surface area contributed by atoms with E-state index in [1.54, 1.807) is 0 Å².